The first-order valence-electron chi connectivity index (χ1n) is 21.3. The van der Waals surface area contributed by atoms with E-state index < -0.39 is 39.5 Å². The van der Waals surface area contributed by atoms with Crippen LogP contribution in [0.3, 0.4) is 0 Å². The van der Waals surface area contributed by atoms with Crippen LogP contribution >= 0.6 is 0 Å². The second kappa shape index (κ2) is 20.5. The predicted molar refractivity (Wildman–Crippen MR) is 230 cm³/mol. The molecule has 1 aliphatic heterocycles. The normalized spacial score (nSPS) is 24.1. The molecule has 330 valence electrons. The first-order chi connectivity index (χ1) is 28.6. The van der Waals surface area contributed by atoms with E-state index in [1.54, 1.807) is 37.3 Å². The van der Waals surface area contributed by atoms with Crippen molar-refractivity contribution < 1.29 is 47.3 Å². The molecule has 0 radical (unpaired) electrons. The summed E-state index contributed by atoms with van der Waals surface area (Å²) < 4.78 is 51.7. The van der Waals surface area contributed by atoms with Crippen LogP contribution in [0.1, 0.15) is 104 Å². The van der Waals surface area contributed by atoms with Gasteiger partial charge in [0.15, 0.2) is 0 Å². The highest BCUT2D eigenvalue weighted by atomic mass is 32.2. The summed E-state index contributed by atoms with van der Waals surface area (Å²) in [5, 5.41) is 30.0. The van der Waals surface area contributed by atoms with Crippen LogP contribution in [0, 0.1) is 17.8 Å². The third-order valence-corrected chi connectivity index (χ3v) is 13.1. The number of hydrogen-bond acceptors (Lipinski definition) is 11. The summed E-state index contributed by atoms with van der Waals surface area (Å²) in [6.45, 7) is 15.4. The molecule has 2 aromatic carbocycles. The van der Waals surface area contributed by atoms with Gasteiger partial charge in [0.05, 0.1) is 29.2 Å². The summed E-state index contributed by atoms with van der Waals surface area (Å²) in [4.78, 5) is 30.7. The Hall–Kier alpha value is -4.28. The second-order valence-electron chi connectivity index (χ2n) is 16.7. The van der Waals surface area contributed by atoms with Crippen molar-refractivity contribution in [2.75, 3.05) is 38.2 Å². The number of aliphatic hydroxyl groups is 2. The third-order valence-electron chi connectivity index (χ3n) is 11.2. The van der Waals surface area contributed by atoms with Crippen molar-refractivity contribution in [3.05, 3.63) is 72.3 Å². The first-order valence-corrected chi connectivity index (χ1v) is 22.7. The zero-order chi connectivity index (χ0) is 43.7. The van der Waals surface area contributed by atoms with Gasteiger partial charge in [-0.25, -0.2) is 13.2 Å². The van der Waals surface area contributed by atoms with Crippen molar-refractivity contribution in [2.24, 2.45) is 22.9 Å². The Balaban J connectivity index is 1.82. The van der Waals surface area contributed by atoms with Gasteiger partial charge < -0.3 is 39.9 Å². The Labute approximate surface area is 355 Å². The molecule has 6 atom stereocenters. The third kappa shape index (κ3) is 10.6. The van der Waals surface area contributed by atoms with E-state index >= 15 is 8.42 Å². The number of nitrogens with zero attached hydrogens (tertiary/aromatic N) is 2. The van der Waals surface area contributed by atoms with Gasteiger partial charge in [-0.1, -0.05) is 37.1 Å². The predicted octanol–water partition coefficient (Wildman–Crippen LogP) is 7.29. The van der Waals surface area contributed by atoms with E-state index in [0.717, 1.165) is 30.4 Å². The number of oxime groups is 1. The number of carbonyl (C=O) groups excluding carboxylic acids is 2. The number of anilines is 1. The minimum Gasteiger partial charge on any atom is -0.460 e. The van der Waals surface area contributed by atoms with Crippen LogP contribution in [-0.4, -0.2) is 91.0 Å². The van der Waals surface area contributed by atoms with Crippen LogP contribution in [0.4, 0.5) is 10.5 Å². The molecule has 2 aliphatic carbocycles. The molecule has 4 N–H and O–H groups in total. The van der Waals surface area contributed by atoms with Crippen LogP contribution in [-0.2, 0) is 24.4 Å². The van der Waals surface area contributed by atoms with E-state index in [0.29, 0.717) is 55.1 Å². The number of amides is 2. The fourth-order valence-electron chi connectivity index (χ4n) is 8.88. The maximum atomic E-state index is 15.1. The van der Waals surface area contributed by atoms with Gasteiger partial charge in [0.1, 0.15) is 17.1 Å². The number of aliphatic hydroxyl groups excluding tert-OH is 2. The number of sulfonamides is 1. The largest absolute Gasteiger partial charge is 0.460 e. The summed E-state index contributed by atoms with van der Waals surface area (Å²) in [6, 6.07) is 10.4. The molecule has 14 nitrogen and oxygen atoms in total. The monoisotopic (exact) mass is 852 g/mol. The van der Waals surface area contributed by atoms with Gasteiger partial charge in [0.2, 0.25) is 21.7 Å². The maximum absolute atomic E-state index is 15.1. The van der Waals surface area contributed by atoms with Crippen molar-refractivity contribution >= 4 is 33.4 Å². The van der Waals surface area contributed by atoms with E-state index in [1.165, 1.54) is 23.4 Å². The lowest BCUT2D eigenvalue weighted by atomic mass is 9.55. The van der Waals surface area contributed by atoms with Gasteiger partial charge in [-0.3, -0.25) is 4.79 Å². The Morgan fingerprint density at radius 2 is 1.75 bits per heavy atom. The van der Waals surface area contributed by atoms with Crippen molar-refractivity contribution in [1.29, 1.82) is 0 Å². The number of rotatable bonds is 20. The van der Waals surface area contributed by atoms with E-state index in [9.17, 15) is 19.8 Å². The van der Waals surface area contributed by atoms with Crippen molar-refractivity contribution in [3.63, 3.8) is 0 Å². The van der Waals surface area contributed by atoms with Crippen LogP contribution < -0.4 is 20.1 Å². The van der Waals surface area contributed by atoms with Crippen LogP contribution in [0.2, 0.25) is 0 Å². The Morgan fingerprint density at radius 1 is 1.05 bits per heavy atom. The van der Waals surface area contributed by atoms with Gasteiger partial charge in [0.25, 0.3) is 0 Å². The fraction of sp³-hybridized carbons (Fsp3) is 0.578. The lowest BCUT2D eigenvalue weighted by molar-refractivity contribution is -0.251. The van der Waals surface area contributed by atoms with Crippen molar-refractivity contribution in [3.8, 4) is 11.5 Å². The topological polar surface area (TPSA) is 185 Å². The molecule has 5 rings (SSSR count). The number of nitrogens with one attached hydrogen (secondary N) is 2. The molecule has 6 unspecified atom stereocenters. The molecule has 2 aromatic rings. The zero-order valence-corrected chi connectivity index (χ0v) is 36.8. The van der Waals surface area contributed by atoms with Gasteiger partial charge in [-0.2, -0.15) is 4.31 Å². The molecular formula is C45H64N4O10S. The zero-order valence-electron chi connectivity index (χ0n) is 35.9. The van der Waals surface area contributed by atoms with Crippen LogP contribution in [0.25, 0.3) is 0 Å². The van der Waals surface area contributed by atoms with Crippen LogP contribution in [0.5, 0.6) is 11.5 Å². The molecular weight excluding hydrogens is 789 g/mol. The minimum atomic E-state index is -4.27. The summed E-state index contributed by atoms with van der Waals surface area (Å²) in [6.07, 6.45) is 7.97. The smallest absolute Gasteiger partial charge is 0.412 e. The first kappa shape index (κ1) is 46.8. The van der Waals surface area contributed by atoms with E-state index in [-0.39, 0.29) is 61.3 Å². The molecule has 0 bridgehead atoms. The number of ether oxygens (including phenoxy) is 3. The molecule has 60 heavy (non-hydrogen) atoms. The molecule has 3 aliphatic rings. The highest BCUT2D eigenvalue weighted by Crippen LogP contribution is 2.62. The SMILES string of the molecule is C=CCOC12Oc3ccc(OC(=O)NCC)cc3C3C(CCCCO)C(CCCCO)C=C(C(=NOC(C)(C)C)CC1N(CCC)S(=O)(=O)c1ccc(NC(C)=O)cc1)C32. The van der Waals surface area contributed by atoms with E-state index in [2.05, 4.69) is 23.3 Å². The van der Waals surface area contributed by atoms with E-state index in [4.69, 9.17) is 24.2 Å². The lowest BCUT2D eigenvalue weighted by Crippen LogP contribution is -2.70. The molecule has 15 heteroatoms. The number of fused-ring (bicyclic) bond motifs is 2. The summed E-state index contributed by atoms with van der Waals surface area (Å²) in [5.41, 5.74) is 1.96. The highest BCUT2D eigenvalue weighted by Gasteiger charge is 2.66. The number of carbonyl (C=O) groups is 2. The number of unbranched alkanes of at least 4 members (excludes halogenated alkanes) is 2. The Bertz CT molecular complexity index is 1980. The average Bonchev–Trinajstić information content (AvgIpc) is 3.19. The van der Waals surface area contributed by atoms with Gasteiger partial charge in [-0.15, -0.1) is 6.58 Å². The molecule has 0 aromatic heterocycles. The number of benzene rings is 2. The van der Waals surface area contributed by atoms with Gasteiger partial charge in [0, 0.05) is 56.8 Å². The molecule has 0 spiro atoms. The van der Waals surface area contributed by atoms with E-state index in [1.807, 2.05) is 33.8 Å². The molecule has 1 saturated carbocycles. The molecule has 1 fully saturated rings. The Morgan fingerprint density at radius 3 is 2.37 bits per heavy atom. The summed E-state index contributed by atoms with van der Waals surface area (Å²) >= 11 is 0. The fourth-order valence-corrected chi connectivity index (χ4v) is 10.6. The lowest BCUT2D eigenvalue weighted by Gasteiger charge is -2.59. The summed E-state index contributed by atoms with van der Waals surface area (Å²) in [5.74, 6) is -2.22. The van der Waals surface area contributed by atoms with Crippen molar-refractivity contribution in [2.45, 2.75) is 121 Å². The van der Waals surface area contributed by atoms with Crippen molar-refractivity contribution in [1.82, 2.24) is 9.62 Å². The molecule has 0 saturated heterocycles. The standard InChI is InChI=1S/C45H64N4O10S/c1-8-23-49(60(54,55)34-20-17-32(18-21-34)47-30(4)52)40-29-38(48-59-44(5,6)7)36-27-31(15-11-13-24-50)35(16-12-14-25-51)41-37-28-33(57-43(53)46-10-3)19-22-39(37)58-45(40,42(36)41)56-26-9-2/h9,17-22,27-28,31,35,40-42,50-51H,2,8,10-16,23-26,29H2,1,3-7H3,(H,46,53)(H,47,52). The van der Waals surface area contributed by atoms with Crippen LogP contribution in [0.15, 0.2) is 76.8 Å². The molecule has 1 heterocycles. The highest BCUT2D eigenvalue weighted by molar-refractivity contribution is 7.89. The van der Waals surface area contributed by atoms with Gasteiger partial charge >= 0.3 is 6.09 Å². The quantitative estimate of drug-likeness (QED) is 0.0599. The molecule has 2 amide bonds. The maximum Gasteiger partial charge on any atom is 0.412 e. The second-order valence-corrected chi connectivity index (χ2v) is 18.6. The van der Waals surface area contributed by atoms with Gasteiger partial charge in [-0.05, 0) is 120 Å². The average molecular weight is 853 g/mol. The summed E-state index contributed by atoms with van der Waals surface area (Å²) in [7, 11) is -4.27. The Kier molecular flexibility index (Phi) is 16.0. The minimum absolute atomic E-state index is 0.0171. The number of hydrogen-bond donors (Lipinski definition) is 4. The number of allylic oxidation sites excluding steroid dienone is 1.